The third kappa shape index (κ3) is 7.25. The van der Waals surface area contributed by atoms with Gasteiger partial charge in [-0.25, -0.2) is 0 Å². The first-order valence-corrected chi connectivity index (χ1v) is 8.25. The largest absolute Gasteiger partial charge is 0.468 e. The second kappa shape index (κ2) is 10.1. The van der Waals surface area contributed by atoms with Gasteiger partial charge in [-0.1, -0.05) is 6.92 Å². The molecule has 1 saturated heterocycles. The number of hydrogen-bond acceptors (Lipinski definition) is 5. The van der Waals surface area contributed by atoms with Crippen molar-refractivity contribution in [2.45, 2.75) is 38.6 Å². The van der Waals surface area contributed by atoms with E-state index in [-0.39, 0.29) is 12.0 Å². The maximum Gasteiger partial charge on any atom is 0.322 e. The molecule has 1 aliphatic rings. The minimum Gasteiger partial charge on any atom is -0.468 e. The van der Waals surface area contributed by atoms with Gasteiger partial charge in [0.25, 0.3) is 0 Å². The Balaban J connectivity index is 2.28. The number of nitrogens with one attached hydrogen (secondary N) is 1. The molecule has 0 aliphatic carbocycles. The van der Waals surface area contributed by atoms with E-state index in [0.717, 1.165) is 38.4 Å². The number of esters is 1. The molecule has 1 fully saturated rings. The number of piperidine rings is 1. The molecule has 1 atom stereocenters. The van der Waals surface area contributed by atoms with Gasteiger partial charge in [-0.15, -0.1) is 0 Å². The molecule has 0 aromatic rings. The van der Waals surface area contributed by atoms with E-state index < -0.39 is 0 Å². The monoisotopic (exact) mass is 299 g/mol. The molecule has 0 saturated carbocycles. The summed E-state index contributed by atoms with van der Waals surface area (Å²) >= 11 is 0. The molecular formula is C16H33N3O2. The van der Waals surface area contributed by atoms with E-state index in [9.17, 15) is 4.79 Å². The van der Waals surface area contributed by atoms with Crippen LogP contribution in [0.4, 0.5) is 0 Å². The van der Waals surface area contributed by atoms with Gasteiger partial charge in [0.2, 0.25) is 0 Å². The molecule has 0 aromatic heterocycles. The zero-order chi connectivity index (χ0) is 15.7. The lowest BCUT2D eigenvalue weighted by molar-refractivity contribution is -0.143. The number of likely N-dealkylation sites (tertiary alicyclic amines) is 1. The summed E-state index contributed by atoms with van der Waals surface area (Å²) in [7, 11) is 5.82. The summed E-state index contributed by atoms with van der Waals surface area (Å²) < 4.78 is 4.88. The third-order valence-corrected chi connectivity index (χ3v) is 4.33. The van der Waals surface area contributed by atoms with Gasteiger partial charge in [-0.3, -0.25) is 4.79 Å². The van der Waals surface area contributed by atoms with E-state index in [1.165, 1.54) is 33.0 Å². The van der Waals surface area contributed by atoms with Gasteiger partial charge in [-0.05, 0) is 71.9 Å². The minimum absolute atomic E-state index is 0.142. The first-order chi connectivity index (χ1) is 10.1. The van der Waals surface area contributed by atoms with Crippen LogP contribution in [0.25, 0.3) is 0 Å². The fourth-order valence-electron chi connectivity index (χ4n) is 2.89. The van der Waals surface area contributed by atoms with Gasteiger partial charge in [0.05, 0.1) is 7.11 Å². The highest BCUT2D eigenvalue weighted by atomic mass is 16.5. The SMILES string of the molecule is CCCNC(CCN(C)CC1CCN(C)CC1)C(=O)OC. The van der Waals surface area contributed by atoms with Crippen molar-refractivity contribution in [3.05, 3.63) is 0 Å². The Kier molecular flexibility index (Phi) is 8.88. The molecule has 5 heteroatoms. The van der Waals surface area contributed by atoms with E-state index in [2.05, 4.69) is 36.1 Å². The molecule has 0 spiro atoms. The number of nitrogens with zero attached hydrogens (tertiary/aromatic N) is 2. The summed E-state index contributed by atoms with van der Waals surface area (Å²) in [5.74, 6) is 0.655. The molecule has 5 nitrogen and oxygen atoms in total. The molecule has 0 bridgehead atoms. The van der Waals surface area contributed by atoms with E-state index in [4.69, 9.17) is 4.74 Å². The minimum atomic E-state index is -0.171. The summed E-state index contributed by atoms with van der Waals surface area (Å²) in [6, 6.07) is -0.171. The fourth-order valence-corrected chi connectivity index (χ4v) is 2.89. The highest BCUT2D eigenvalue weighted by Crippen LogP contribution is 2.16. The number of ether oxygens (including phenoxy) is 1. The van der Waals surface area contributed by atoms with Crippen molar-refractivity contribution in [1.82, 2.24) is 15.1 Å². The maximum atomic E-state index is 11.7. The molecule has 0 radical (unpaired) electrons. The van der Waals surface area contributed by atoms with Crippen molar-refractivity contribution in [2.24, 2.45) is 5.92 Å². The van der Waals surface area contributed by atoms with Crippen LogP contribution in [0, 0.1) is 5.92 Å². The molecule has 1 heterocycles. The quantitative estimate of drug-likeness (QED) is 0.648. The van der Waals surface area contributed by atoms with Crippen LogP contribution in [-0.2, 0) is 9.53 Å². The Morgan fingerprint density at radius 1 is 1.43 bits per heavy atom. The number of rotatable bonds is 9. The number of carbonyl (C=O) groups is 1. The Hall–Kier alpha value is -0.650. The summed E-state index contributed by atoms with van der Waals surface area (Å²) in [4.78, 5) is 16.5. The van der Waals surface area contributed by atoms with E-state index in [0.29, 0.717) is 0 Å². The third-order valence-electron chi connectivity index (χ3n) is 4.33. The normalized spacial score (nSPS) is 18.9. The molecule has 124 valence electrons. The lowest BCUT2D eigenvalue weighted by Gasteiger charge is -2.32. The van der Waals surface area contributed by atoms with Crippen LogP contribution in [0.15, 0.2) is 0 Å². The average molecular weight is 299 g/mol. The van der Waals surface area contributed by atoms with E-state index in [1.807, 2.05) is 0 Å². The molecule has 21 heavy (non-hydrogen) atoms. The number of carbonyl (C=O) groups excluding carboxylic acids is 1. The van der Waals surface area contributed by atoms with Crippen LogP contribution in [0.5, 0.6) is 0 Å². The summed E-state index contributed by atoms with van der Waals surface area (Å²) in [6.45, 7) is 7.45. The average Bonchev–Trinajstić information content (AvgIpc) is 2.49. The molecule has 1 rings (SSSR count). The van der Waals surface area contributed by atoms with Crippen LogP contribution in [-0.4, -0.2) is 75.7 Å². The Morgan fingerprint density at radius 2 is 2.10 bits per heavy atom. The smallest absolute Gasteiger partial charge is 0.322 e. The predicted octanol–water partition coefficient (Wildman–Crippen LogP) is 1.19. The van der Waals surface area contributed by atoms with Crippen molar-refractivity contribution >= 4 is 5.97 Å². The van der Waals surface area contributed by atoms with Gasteiger partial charge in [-0.2, -0.15) is 0 Å². The Bertz CT molecular complexity index is 291. The maximum absolute atomic E-state index is 11.7. The van der Waals surface area contributed by atoms with Crippen LogP contribution >= 0.6 is 0 Å². The van der Waals surface area contributed by atoms with Crippen molar-refractivity contribution in [1.29, 1.82) is 0 Å². The van der Waals surface area contributed by atoms with Crippen LogP contribution < -0.4 is 5.32 Å². The summed E-state index contributed by atoms with van der Waals surface area (Å²) in [6.07, 6.45) is 4.42. The van der Waals surface area contributed by atoms with Gasteiger partial charge < -0.3 is 19.9 Å². The van der Waals surface area contributed by atoms with Gasteiger partial charge in [0.15, 0.2) is 0 Å². The standard InChI is InChI=1S/C16H33N3O2/c1-5-9-17-15(16(20)21-4)8-12-19(3)13-14-6-10-18(2)11-7-14/h14-15,17H,5-13H2,1-4H3. The molecule has 1 N–H and O–H groups in total. The molecule has 0 aromatic carbocycles. The Morgan fingerprint density at radius 3 is 2.67 bits per heavy atom. The second-order valence-electron chi connectivity index (χ2n) is 6.33. The molecule has 0 amide bonds. The first kappa shape index (κ1) is 18.4. The highest BCUT2D eigenvalue weighted by Gasteiger charge is 2.21. The number of methoxy groups -OCH3 is 1. The lowest BCUT2D eigenvalue weighted by Crippen LogP contribution is -2.41. The second-order valence-corrected chi connectivity index (χ2v) is 6.33. The zero-order valence-electron chi connectivity index (χ0n) is 14.2. The van der Waals surface area contributed by atoms with E-state index in [1.54, 1.807) is 0 Å². The summed E-state index contributed by atoms with van der Waals surface area (Å²) in [5.41, 5.74) is 0. The van der Waals surface area contributed by atoms with Gasteiger partial charge in [0, 0.05) is 6.54 Å². The predicted molar refractivity (Wildman–Crippen MR) is 86.4 cm³/mol. The van der Waals surface area contributed by atoms with Crippen molar-refractivity contribution < 1.29 is 9.53 Å². The van der Waals surface area contributed by atoms with E-state index >= 15 is 0 Å². The van der Waals surface area contributed by atoms with Crippen molar-refractivity contribution in [3.8, 4) is 0 Å². The molecule has 1 aliphatic heterocycles. The topological polar surface area (TPSA) is 44.8 Å². The van der Waals surface area contributed by atoms with Gasteiger partial charge >= 0.3 is 5.97 Å². The van der Waals surface area contributed by atoms with Gasteiger partial charge in [0.1, 0.15) is 6.04 Å². The molecular weight excluding hydrogens is 266 g/mol. The molecule has 1 unspecified atom stereocenters. The lowest BCUT2D eigenvalue weighted by atomic mass is 9.96. The van der Waals surface area contributed by atoms with Crippen molar-refractivity contribution in [3.63, 3.8) is 0 Å². The van der Waals surface area contributed by atoms with Crippen LogP contribution in [0.3, 0.4) is 0 Å². The van der Waals surface area contributed by atoms with Crippen LogP contribution in [0.1, 0.15) is 32.6 Å². The summed E-state index contributed by atoms with van der Waals surface area (Å²) in [5, 5.41) is 3.28. The number of hydrogen-bond donors (Lipinski definition) is 1. The van der Waals surface area contributed by atoms with Crippen molar-refractivity contribution in [2.75, 3.05) is 53.9 Å². The fraction of sp³-hybridized carbons (Fsp3) is 0.938. The Labute approximate surface area is 130 Å². The van der Waals surface area contributed by atoms with Crippen LogP contribution in [0.2, 0.25) is 0 Å². The first-order valence-electron chi connectivity index (χ1n) is 8.25. The zero-order valence-corrected chi connectivity index (χ0v) is 14.2. The highest BCUT2D eigenvalue weighted by molar-refractivity contribution is 5.75.